The molecule has 0 aliphatic rings. The first-order chi connectivity index (χ1) is 9.70. The van der Waals surface area contributed by atoms with Gasteiger partial charge >= 0.3 is 0 Å². The molecule has 102 valence electrons. The summed E-state index contributed by atoms with van der Waals surface area (Å²) in [6, 6.07) is 5.21. The number of oxazole rings is 1. The number of hydrogen-bond acceptors (Lipinski definition) is 6. The summed E-state index contributed by atoms with van der Waals surface area (Å²) in [4.78, 5) is 19.9. The third-order valence-corrected chi connectivity index (χ3v) is 4.09. The van der Waals surface area contributed by atoms with E-state index in [2.05, 4.69) is 15.3 Å². The first kappa shape index (κ1) is 13.4. The topological polar surface area (TPSA) is 68.0 Å². The lowest BCUT2D eigenvalue weighted by Gasteiger charge is -1.98. The molecule has 0 atom stereocenters. The molecule has 5 nitrogen and oxygen atoms in total. The molecule has 2 heterocycles. The van der Waals surface area contributed by atoms with Crippen molar-refractivity contribution in [3.8, 4) is 0 Å². The van der Waals surface area contributed by atoms with Crippen LogP contribution < -0.4 is 5.32 Å². The predicted molar refractivity (Wildman–Crippen MR) is 80.5 cm³/mol. The van der Waals surface area contributed by atoms with Gasteiger partial charge < -0.3 is 9.73 Å². The molecule has 2 aromatic heterocycles. The summed E-state index contributed by atoms with van der Waals surface area (Å²) in [5, 5.41) is 6.12. The van der Waals surface area contributed by atoms with Crippen LogP contribution in [0.25, 0.3) is 11.1 Å². The number of aromatic nitrogens is 2. The van der Waals surface area contributed by atoms with Crippen LogP contribution in [-0.4, -0.2) is 21.6 Å². The molecule has 20 heavy (non-hydrogen) atoms. The summed E-state index contributed by atoms with van der Waals surface area (Å²) in [5.41, 5.74) is 1.33. The quantitative estimate of drug-likeness (QED) is 0.741. The largest absolute Gasteiger partial charge is 0.431 e. The van der Waals surface area contributed by atoms with Crippen LogP contribution in [0.5, 0.6) is 0 Å². The van der Waals surface area contributed by atoms with Gasteiger partial charge in [-0.1, -0.05) is 23.4 Å². The minimum atomic E-state index is -0.148. The molecular formula is C12H8ClN3O2S2. The van der Waals surface area contributed by atoms with Crippen LogP contribution in [0.4, 0.5) is 5.13 Å². The van der Waals surface area contributed by atoms with Crippen molar-refractivity contribution in [3.63, 3.8) is 0 Å². The van der Waals surface area contributed by atoms with Gasteiger partial charge in [0, 0.05) is 16.6 Å². The number of nitrogens with one attached hydrogen (secondary N) is 1. The van der Waals surface area contributed by atoms with Crippen molar-refractivity contribution in [2.45, 2.75) is 5.22 Å². The first-order valence-corrected chi connectivity index (χ1v) is 7.83. The van der Waals surface area contributed by atoms with Gasteiger partial charge in [0.25, 0.3) is 5.22 Å². The highest BCUT2D eigenvalue weighted by Crippen LogP contribution is 2.25. The molecule has 0 aliphatic carbocycles. The van der Waals surface area contributed by atoms with Gasteiger partial charge in [-0.15, -0.1) is 11.3 Å². The minimum absolute atomic E-state index is 0.148. The number of carbonyl (C=O) groups is 1. The van der Waals surface area contributed by atoms with Gasteiger partial charge in [0.15, 0.2) is 10.7 Å². The number of halogens is 1. The number of thiazole rings is 1. The zero-order valence-corrected chi connectivity index (χ0v) is 12.4. The van der Waals surface area contributed by atoms with Crippen molar-refractivity contribution in [2.75, 3.05) is 11.1 Å². The molecule has 0 unspecified atom stereocenters. The van der Waals surface area contributed by atoms with Crippen LogP contribution in [0.3, 0.4) is 0 Å². The molecule has 0 radical (unpaired) electrons. The van der Waals surface area contributed by atoms with Crippen molar-refractivity contribution in [1.29, 1.82) is 0 Å². The van der Waals surface area contributed by atoms with Crippen molar-refractivity contribution in [2.24, 2.45) is 0 Å². The fraction of sp³-hybridized carbons (Fsp3) is 0.0833. The van der Waals surface area contributed by atoms with E-state index in [1.807, 2.05) is 0 Å². The number of hydrogen-bond donors (Lipinski definition) is 1. The SMILES string of the molecule is O=C(CSc1nc2cc(Cl)ccc2o1)Nc1nccs1. The Morgan fingerprint density at radius 1 is 1.50 bits per heavy atom. The molecule has 3 aromatic rings. The molecule has 3 rings (SSSR count). The maximum atomic E-state index is 11.7. The molecule has 0 bridgehead atoms. The van der Waals surface area contributed by atoms with E-state index in [4.69, 9.17) is 16.0 Å². The summed E-state index contributed by atoms with van der Waals surface area (Å²) in [5.74, 6) is 0.0605. The Bertz CT molecular complexity index is 742. The maximum absolute atomic E-state index is 11.7. The van der Waals surface area contributed by atoms with Gasteiger partial charge in [-0.25, -0.2) is 9.97 Å². The average molecular weight is 326 g/mol. The summed E-state index contributed by atoms with van der Waals surface area (Å²) >= 11 is 8.47. The van der Waals surface area contributed by atoms with Crippen molar-refractivity contribution in [3.05, 3.63) is 34.8 Å². The average Bonchev–Trinajstić information content (AvgIpc) is 3.04. The number of anilines is 1. The number of carbonyl (C=O) groups excluding carboxylic acids is 1. The van der Waals surface area contributed by atoms with Crippen molar-refractivity contribution in [1.82, 2.24) is 9.97 Å². The molecule has 8 heteroatoms. The minimum Gasteiger partial charge on any atom is -0.431 e. The molecule has 0 fully saturated rings. The lowest BCUT2D eigenvalue weighted by atomic mass is 10.3. The molecule has 1 N–H and O–H groups in total. The van der Waals surface area contributed by atoms with E-state index < -0.39 is 0 Å². The van der Waals surface area contributed by atoms with Gasteiger partial charge in [0.1, 0.15) is 5.52 Å². The molecule has 0 saturated carbocycles. The van der Waals surface area contributed by atoms with Crippen molar-refractivity contribution < 1.29 is 9.21 Å². The summed E-state index contributed by atoms with van der Waals surface area (Å²) in [6.45, 7) is 0. The Morgan fingerprint density at radius 3 is 3.20 bits per heavy atom. The fourth-order valence-corrected chi connectivity index (χ4v) is 2.86. The van der Waals surface area contributed by atoms with E-state index in [-0.39, 0.29) is 11.7 Å². The molecular weight excluding hydrogens is 318 g/mol. The number of nitrogens with zero attached hydrogens (tertiary/aromatic N) is 2. The summed E-state index contributed by atoms with van der Waals surface area (Å²) in [7, 11) is 0. The van der Waals surface area contributed by atoms with Gasteiger partial charge in [0.2, 0.25) is 5.91 Å². The van der Waals surface area contributed by atoms with Gasteiger partial charge in [-0.2, -0.15) is 0 Å². The van der Waals surface area contributed by atoms with E-state index in [0.717, 1.165) is 0 Å². The Kier molecular flexibility index (Phi) is 3.90. The van der Waals surface area contributed by atoms with Crippen LogP contribution in [0, 0.1) is 0 Å². The molecule has 0 aliphatic heterocycles. The number of thioether (sulfide) groups is 1. The Balaban J connectivity index is 1.63. The third-order valence-electron chi connectivity index (χ3n) is 2.34. The zero-order chi connectivity index (χ0) is 13.9. The number of benzene rings is 1. The standard InChI is InChI=1S/C12H8ClN3O2S2/c13-7-1-2-9-8(5-7)15-12(18-9)20-6-10(17)16-11-14-3-4-19-11/h1-5H,6H2,(H,14,16,17). The Morgan fingerprint density at radius 2 is 2.40 bits per heavy atom. The second kappa shape index (κ2) is 5.82. The number of amides is 1. The van der Waals surface area contributed by atoms with Crippen molar-refractivity contribution >= 4 is 56.8 Å². The second-order valence-electron chi connectivity index (χ2n) is 3.77. The zero-order valence-electron chi connectivity index (χ0n) is 10.00. The summed E-state index contributed by atoms with van der Waals surface area (Å²) in [6.07, 6.45) is 1.64. The van der Waals surface area contributed by atoms with Crippen LogP contribution in [0.1, 0.15) is 0 Å². The summed E-state index contributed by atoms with van der Waals surface area (Å²) < 4.78 is 5.51. The molecule has 1 amide bonds. The number of fused-ring (bicyclic) bond motifs is 1. The van der Waals surface area contributed by atoms with E-state index in [0.29, 0.717) is 26.5 Å². The molecule has 1 aromatic carbocycles. The van der Waals surface area contributed by atoms with E-state index >= 15 is 0 Å². The highest BCUT2D eigenvalue weighted by Gasteiger charge is 2.10. The van der Waals surface area contributed by atoms with E-state index in [1.54, 1.807) is 29.8 Å². The third kappa shape index (κ3) is 3.12. The lowest BCUT2D eigenvalue weighted by molar-refractivity contribution is -0.113. The monoisotopic (exact) mass is 325 g/mol. The highest BCUT2D eigenvalue weighted by molar-refractivity contribution is 7.99. The maximum Gasteiger partial charge on any atom is 0.257 e. The smallest absolute Gasteiger partial charge is 0.257 e. The van der Waals surface area contributed by atoms with Crippen LogP contribution in [0.2, 0.25) is 5.02 Å². The highest BCUT2D eigenvalue weighted by atomic mass is 35.5. The normalized spacial score (nSPS) is 10.8. The van der Waals surface area contributed by atoms with Gasteiger partial charge in [0.05, 0.1) is 5.75 Å². The van der Waals surface area contributed by atoms with Gasteiger partial charge in [-0.05, 0) is 18.2 Å². The second-order valence-corrected chi connectivity index (χ2v) is 6.02. The van der Waals surface area contributed by atoms with E-state index in [1.165, 1.54) is 23.1 Å². The molecule has 0 saturated heterocycles. The first-order valence-electron chi connectivity index (χ1n) is 5.59. The Labute approximate surface area is 127 Å². The Hall–Kier alpha value is -1.57. The predicted octanol–water partition coefficient (Wildman–Crippen LogP) is 3.67. The number of rotatable bonds is 4. The van der Waals surface area contributed by atoms with Crippen LogP contribution >= 0.6 is 34.7 Å². The molecule has 0 spiro atoms. The van der Waals surface area contributed by atoms with Crippen LogP contribution in [0.15, 0.2) is 39.4 Å². The van der Waals surface area contributed by atoms with Gasteiger partial charge in [-0.3, -0.25) is 4.79 Å². The lowest BCUT2D eigenvalue weighted by Crippen LogP contribution is -2.13. The van der Waals surface area contributed by atoms with Crippen LogP contribution in [-0.2, 0) is 4.79 Å². The van der Waals surface area contributed by atoms with E-state index in [9.17, 15) is 4.79 Å². The fourth-order valence-electron chi connectivity index (χ4n) is 1.51.